The minimum absolute atomic E-state index is 0.105. The number of hydrogen-bond acceptors (Lipinski definition) is 9. The van der Waals surface area contributed by atoms with Crippen LogP contribution in [-0.4, -0.2) is 50.3 Å². The van der Waals surface area contributed by atoms with Crippen LogP contribution < -0.4 is 9.64 Å². The fourth-order valence-corrected chi connectivity index (χ4v) is 5.70. The second-order valence-electron chi connectivity index (χ2n) is 9.19. The van der Waals surface area contributed by atoms with E-state index >= 15 is 0 Å². The summed E-state index contributed by atoms with van der Waals surface area (Å²) in [6.07, 6.45) is 2.57. The van der Waals surface area contributed by atoms with Crippen molar-refractivity contribution in [2.75, 3.05) is 18.1 Å². The molecule has 40 heavy (non-hydrogen) atoms. The van der Waals surface area contributed by atoms with E-state index in [4.69, 9.17) is 9.47 Å². The molecule has 0 aliphatic carbocycles. The number of aryl methyl sites for hydroxylation is 2. The maximum absolute atomic E-state index is 13.6. The number of Topliss-reactive ketones (excluding diaryl/α,β-unsaturated/α-hetero) is 1. The molecule has 1 aliphatic rings. The van der Waals surface area contributed by atoms with Crippen molar-refractivity contribution >= 4 is 45.5 Å². The van der Waals surface area contributed by atoms with Gasteiger partial charge in [0.05, 0.1) is 36.2 Å². The number of hydrogen-bond donors (Lipinski definition) is 1. The quantitative estimate of drug-likeness (QED) is 0.138. The van der Waals surface area contributed by atoms with Crippen molar-refractivity contribution in [3.63, 3.8) is 0 Å². The maximum atomic E-state index is 13.6. The Morgan fingerprint density at radius 2 is 1.80 bits per heavy atom. The number of carbonyl (C=O) groups is 3. The second kappa shape index (κ2) is 10.9. The van der Waals surface area contributed by atoms with E-state index in [1.165, 1.54) is 4.90 Å². The Morgan fingerprint density at radius 1 is 1.05 bits per heavy atom. The molecule has 1 amide bonds. The van der Waals surface area contributed by atoms with E-state index in [0.717, 1.165) is 17.8 Å². The van der Waals surface area contributed by atoms with Gasteiger partial charge in [-0.2, -0.15) is 0 Å². The van der Waals surface area contributed by atoms with Crippen LogP contribution >= 0.6 is 11.3 Å². The third-order valence-electron chi connectivity index (χ3n) is 6.49. The number of rotatable bonds is 8. The Hall–Kier alpha value is -4.51. The van der Waals surface area contributed by atoms with E-state index < -0.39 is 23.7 Å². The molecular formula is C29H28N4O6S. The number of imidazole rings is 1. The molecule has 4 heterocycles. The molecule has 0 spiro atoms. The average molecular weight is 561 g/mol. The molecule has 1 aromatic carbocycles. The predicted molar refractivity (Wildman–Crippen MR) is 150 cm³/mol. The van der Waals surface area contributed by atoms with Gasteiger partial charge in [0.25, 0.3) is 5.78 Å². The molecule has 1 saturated heterocycles. The molecule has 1 fully saturated rings. The van der Waals surface area contributed by atoms with Crippen LogP contribution in [0.15, 0.2) is 54.2 Å². The Labute approximate surface area is 234 Å². The molecule has 3 aromatic heterocycles. The van der Waals surface area contributed by atoms with Gasteiger partial charge in [-0.3, -0.25) is 18.9 Å². The summed E-state index contributed by atoms with van der Waals surface area (Å²) in [5.41, 5.74) is 2.21. The van der Waals surface area contributed by atoms with Crippen molar-refractivity contribution in [3.05, 3.63) is 81.8 Å². The molecule has 10 nitrogen and oxygen atoms in total. The fourth-order valence-electron chi connectivity index (χ4n) is 4.71. The molecule has 206 valence electrons. The number of ether oxygens (including phenoxy) is 2. The van der Waals surface area contributed by atoms with E-state index in [2.05, 4.69) is 9.97 Å². The molecule has 1 unspecified atom stereocenters. The van der Waals surface area contributed by atoms with Crippen LogP contribution in [-0.2, 0) is 14.3 Å². The monoisotopic (exact) mass is 560 g/mol. The number of amides is 1. The summed E-state index contributed by atoms with van der Waals surface area (Å²) in [7, 11) is 0. The molecule has 0 saturated carbocycles. The van der Waals surface area contributed by atoms with E-state index in [1.807, 2.05) is 13.0 Å². The number of carbonyl (C=O) groups excluding carboxylic acids is 3. The third kappa shape index (κ3) is 4.62. The van der Waals surface area contributed by atoms with Gasteiger partial charge in [-0.05, 0) is 57.0 Å². The van der Waals surface area contributed by atoms with Crippen LogP contribution in [0.3, 0.4) is 0 Å². The molecule has 5 rings (SSSR count). The van der Waals surface area contributed by atoms with Crippen LogP contribution in [0.2, 0.25) is 0 Å². The lowest BCUT2D eigenvalue weighted by atomic mass is 9.96. The van der Waals surface area contributed by atoms with E-state index in [-0.39, 0.29) is 27.9 Å². The molecule has 1 N–H and O–H groups in total. The van der Waals surface area contributed by atoms with Gasteiger partial charge >= 0.3 is 11.9 Å². The summed E-state index contributed by atoms with van der Waals surface area (Å²) >= 11 is 0.961. The first-order valence-corrected chi connectivity index (χ1v) is 13.7. The van der Waals surface area contributed by atoms with Gasteiger partial charge in [-0.25, -0.2) is 14.8 Å². The van der Waals surface area contributed by atoms with Crippen molar-refractivity contribution in [3.8, 4) is 5.75 Å². The lowest BCUT2D eigenvalue weighted by molar-refractivity contribution is -0.132. The maximum Gasteiger partial charge on any atom is 0.350 e. The SMILES string of the molecule is CCCOc1ccc(C2/C(=C(\O)c3c(C)nc4ccccn34)C(=O)C(=O)N2c2nc(C)c(C(=O)OCC)s2)cc1. The standard InChI is InChI=1S/C29H28N4O6S/c1-5-15-39-19-12-10-18(11-13-19)23-21(24(34)22-16(3)30-20-9-7-8-14-32(20)22)25(35)27(36)33(23)29-31-17(4)26(40-29)28(37)38-6-2/h7-14,23,34H,5-6,15H2,1-4H3/b24-21+. The average Bonchev–Trinajstić information content (AvgIpc) is 3.57. The summed E-state index contributed by atoms with van der Waals surface area (Å²) in [6, 6.07) is 11.4. The Balaban J connectivity index is 1.70. The topological polar surface area (TPSA) is 123 Å². The van der Waals surface area contributed by atoms with Crippen molar-refractivity contribution in [2.45, 2.75) is 40.2 Å². The Morgan fingerprint density at radius 3 is 2.50 bits per heavy atom. The van der Waals surface area contributed by atoms with Gasteiger partial charge in [0.2, 0.25) is 0 Å². The fraction of sp³-hybridized carbons (Fsp3) is 0.276. The minimum atomic E-state index is -1.02. The molecule has 0 bridgehead atoms. The van der Waals surface area contributed by atoms with Gasteiger partial charge in [0, 0.05) is 6.20 Å². The van der Waals surface area contributed by atoms with E-state index in [0.29, 0.717) is 40.6 Å². The zero-order valence-corrected chi connectivity index (χ0v) is 23.3. The molecule has 11 heteroatoms. The highest BCUT2D eigenvalue weighted by atomic mass is 32.1. The number of anilines is 1. The second-order valence-corrected chi connectivity index (χ2v) is 10.2. The molecular weight excluding hydrogens is 532 g/mol. The van der Waals surface area contributed by atoms with Gasteiger partial charge in [0.1, 0.15) is 22.0 Å². The Kier molecular flexibility index (Phi) is 7.40. The summed E-state index contributed by atoms with van der Waals surface area (Å²) in [4.78, 5) is 50.1. The number of esters is 1. The summed E-state index contributed by atoms with van der Waals surface area (Å²) in [5.74, 6) is -2.02. The van der Waals surface area contributed by atoms with Crippen molar-refractivity contribution in [1.29, 1.82) is 0 Å². The van der Waals surface area contributed by atoms with Crippen molar-refractivity contribution in [2.24, 2.45) is 0 Å². The number of aliphatic hydroxyl groups is 1. The number of aromatic nitrogens is 3. The minimum Gasteiger partial charge on any atom is -0.505 e. The van der Waals surface area contributed by atoms with E-state index in [9.17, 15) is 19.5 Å². The summed E-state index contributed by atoms with van der Waals surface area (Å²) in [5, 5.41) is 11.8. The van der Waals surface area contributed by atoms with Crippen LogP contribution in [0.1, 0.15) is 58.6 Å². The Bertz CT molecular complexity index is 1650. The first-order valence-electron chi connectivity index (χ1n) is 12.9. The molecule has 4 aromatic rings. The number of benzene rings is 1. The van der Waals surface area contributed by atoms with Gasteiger partial charge in [0.15, 0.2) is 10.9 Å². The highest BCUT2D eigenvalue weighted by Crippen LogP contribution is 2.44. The number of nitrogens with zero attached hydrogens (tertiary/aromatic N) is 4. The number of thiazole rings is 1. The number of fused-ring (bicyclic) bond motifs is 1. The highest BCUT2D eigenvalue weighted by molar-refractivity contribution is 7.17. The van der Waals surface area contributed by atoms with Crippen LogP contribution in [0.4, 0.5) is 5.13 Å². The normalized spacial score (nSPS) is 16.6. The molecule has 0 radical (unpaired) electrons. The van der Waals surface area contributed by atoms with Gasteiger partial charge in [-0.15, -0.1) is 0 Å². The number of ketones is 1. The predicted octanol–water partition coefficient (Wildman–Crippen LogP) is 5.00. The van der Waals surface area contributed by atoms with Crippen LogP contribution in [0.25, 0.3) is 11.4 Å². The highest BCUT2D eigenvalue weighted by Gasteiger charge is 2.49. The van der Waals surface area contributed by atoms with Crippen molar-refractivity contribution in [1.82, 2.24) is 14.4 Å². The lowest BCUT2D eigenvalue weighted by Gasteiger charge is -2.23. The summed E-state index contributed by atoms with van der Waals surface area (Å²) < 4.78 is 12.5. The molecule has 1 aliphatic heterocycles. The van der Waals surface area contributed by atoms with Gasteiger partial charge in [-0.1, -0.05) is 36.5 Å². The lowest BCUT2D eigenvalue weighted by Crippen LogP contribution is -2.29. The number of aliphatic hydroxyl groups excluding tert-OH is 1. The first kappa shape index (κ1) is 27.1. The first-order chi connectivity index (χ1) is 19.3. The summed E-state index contributed by atoms with van der Waals surface area (Å²) in [6.45, 7) is 7.79. The van der Waals surface area contributed by atoms with Crippen LogP contribution in [0.5, 0.6) is 5.75 Å². The third-order valence-corrected chi connectivity index (χ3v) is 7.63. The molecule has 1 atom stereocenters. The van der Waals surface area contributed by atoms with Crippen molar-refractivity contribution < 1.29 is 29.0 Å². The zero-order chi connectivity index (χ0) is 28.6. The number of pyridine rings is 1. The van der Waals surface area contributed by atoms with E-state index in [1.54, 1.807) is 67.8 Å². The van der Waals surface area contributed by atoms with Gasteiger partial charge < -0.3 is 14.6 Å². The zero-order valence-electron chi connectivity index (χ0n) is 22.5. The largest absolute Gasteiger partial charge is 0.505 e. The van der Waals surface area contributed by atoms with Crippen LogP contribution in [0, 0.1) is 13.8 Å². The smallest absolute Gasteiger partial charge is 0.350 e.